The Hall–Kier alpha value is -1.06. The lowest BCUT2D eigenvalue weighted by molar-refractivity contribution is 0.0983. The van der Waals surface area contributed by atoms with Gasteiger partial charge in [0.25, 0.3) is 0 Å². The number of carbonyl (C=O) groups excluding carboxylic acids is 1. The number of hydrogen-bond donors (Lipinski definition) is 0. The lowest BCUT2D eigenvalue weighted by Crippen LogP contribution is -2.33. The predicted octanol–water partition coefficient (Wildman–Crippen LogP) is 3.57. The number of para-hydroxylation sites is 1. The van der Waals surface area contributed by atoms with Crippen molar-refractivity contribution in [2.24, 2.45) is 0 Å². The summed E-state index contributed by atoms with van der Waals surface area (Å²) in [5.74, 6) is 0.875. The molecule has 0 saturated carbocycles. The summed E-state index contributed by atoms with van der Waals surface area (Å²) in [5.41, 5.74) is 0.712. The van der Waals surface area contributed by atoms with E-state index in [1.54, 1.807) is 0 Å². The van der Waals surface area contributed by atoms with Crippen molar-refractivity contribution in [2.45, 2.75) is 32.6 Å². The third-order valence-electron chi connectivity index (χ3n) is 3.62. The van der Waals surface area contributed by atoms with Gasteiger partial charge in [0.05, 0.1) is 5.56 Å². The molecule has 0 spiro atoms. The highest BCUT2D eigenvalue weighted by atomic mass is 35.5. The zero-order chi connectivity index (χ0) is 13.5. The molecule has 0 atom stereocenters. The monoisotopic (exact) mass is 297 g/mol. The van der Waals surface area contributed by atoms with Gasteiger partial charge in [0.1, 0.15) is 12.4 Å². The lowest BCUT2D eigenvalue weighted by atomic mass is 10.1. The van der Waals surface area contributed by atoms with Crippen LogP contribution < -0.4 is 4.74 Å². The maximum Gasteiger partial charge on any atom is 0.166 e. The molecule has 0 aliphatic carbocycles. The zero-order valence-electron chi connectivity index (χ0n) is 12.1. The average molecular weight is 298 g/mol. The van der Waals surface area contributed by atoms with Crippen LogP contribution in [0.15, 0.2) is 24.3 Å². The second-order valence-corrected chi connectivity index (χ2v) is 5.02. The fraction of sp³-hybridized carbons (Fsp3) is 0.562. The van der Waals surface area contributed by atoms with Crippen LogP contribution in [0.25, 0.3) is 0 Å². The number of ether oxygens (including phenoxy) is 1. The van der Waals surface area contributed by atoms with E-state index in [4.69, 9.17) is 4.74 Å². The normalized spacial score (nSPS) is 15.4. The van der Waals surface area contributed by atoms with Crippen molar-refractivity contribution in [3.63, 3.8) is 0 Å². The number of piperidine rings is 1. The fourth-order valence-electron chi connectivity index (χ4n) is 2.48. The van der Waals surface area contributed by atoms with Crippen molar-refractivity contribution in [3.8, 4) is 5.75 Å². The number of hydrogen-bond acceptors (Lipinski definition) is 3. The molecule has 2 rings (SSSR count). The largest absolute Gasteiger partial charge is 0.491 e. The molecule has 3 nitrogen and oxygen atoms in total. The van der Waals surface area contributed by atoms with Gasteiger partial charge in [-0.15, -0.1) is 12.4 Å². The Labute approximate surface area is 127 Å². The molecule has 0 amide bonds. The first-order valence-electron chi connectivity index (χ1n) is 7.28. The van der Waals surface area contributed by atoms with Gasteiger partial charge in [0.2, 0.25) is 0 Å². The summed E-state index contributed by atoms with van der Waals surface area (Å²) < 4.78 is 5.80. The quantitative estimate of drug-likeness (QED) is 0.752. The molecule has 0 radical (unpaired) electrons. The Morgan fingerprint density at radius 1 is 1.20 bits per heavy atom. The summed E-state index contributed by atoms with van der Waals surface area (Å²) in [6.07, 6.45) is 4.47. The van der Waals surface area contributed by atoms with Gasteiger partial charge in [-0.2, -0.15) is 0 Å². The minimum Gasteiger partial charge on any atom is -0.491 e. The highest BCUT2D eigenvalue weighted by Crippen LogP contribution is 2.19. The van der Waals surface area contributed by atoms with Gasteiger partial charge in [0, 0.05) is 13.0 Å². The maximum absolute atomic E-state index is 11.8. The number of carbonyl (C=O) groups is 1. The smallest absolute Gasteiger partial charge is 0.166 e. The minimum absolute atomic E-state index is 0. The molecular formula is C16H24ClNO2. The van der Waals surface area contributed by atoms with Crippen molar-refractivity contribution in [3.05, 3.63) is 29.8 Å². The molecule has 1 fully saturated rings. The second kappa shape index (κ2) is 8.98. The Morgan fingerprint density at radius 3 is 2.60 bits per heavy atom. The second-order valence-electron chi connectivity index (χ2n) is 5.02. The van der Waals surface area contributed by atoms with E-state index >= 15 is 0 Å². The molecule has 20 heavy (non-hydrogen) atoms. The first-order valence-corrected chi connectivity index (χ1v) is 7.28. The lowest BCUT2D eigenvalue weighted by Gasteiger charge is -2.26. The Morgan fingerprint density at radius 2 is 1.90 bits per heavy atom. The van der Waals surface area contributed by atoms with E-state index in [-0.39, 0.29) is 18.2 Å². The number of halogens is 1. The molecule has 0 unspecified atom stereocenters. The predicted molar refractivity (Wildman–Crippen MR) is 84.1 cm³/mol. The summed E-state index contributed by atoms with van der Waals surface area (Å²) in [6.45, 7) is 5.85. The van der Waals surface area contributed by atoms with Gasteiger partial charge in [-0.1, -0.05) is 25.5 Å². The van der Waals surface area contributed by atoms with Crippen LogP contribution in [0.4, 0.5) is 0 Å². The molecule has 0 aromatic heterocycles. The molecule has 112 valence electrons. The van der Waals surface area contributed by atoms with Crippen molar-refractivity contribution >= 4 is 18.2 Å². The van der Waals surface area contributed by atoms with Crippen LogP contribution >= 0.6 is 12.4 Å². The van der Waals surface area contributed by atoms with Crippen molar-refractivity contribution in [1.29, 1.82) is 0 Å². The maximum atomic E-state index is 11.8. The Bertz CT molecular complexity index is 417. The number of nitrogens with zero attached hydrogens (tertiary/aromatic N) is 1. The number of Topliss-reactive ketones (excluding diaryl/α,β-unsaturated/α-hetero) is 1. The number of likely N-dealkylation sites (tertiary alicyclic amines) is 1. The molecule has 1 aromatic rings. The topological polar surface area (TPSA) is 29.5 Å². The van der Waals surface area contributed by atoms with Crippen LogP contribution in [-0.4, -0.2) is 36.9 Å². The minimum atomic E-state index is 0. The highest BCUT2D eigenvalue weighted by molar-refractivity contribution is 5.98. The average Bonchev–Trinajstić information content (AvgIpc) is 2.48. The molecule has 1 heterocycles. The first-order chi connectivity index (χ1) is 9.31. The summed E-state index contributed by atoms with van der Waals surface area (Å²) in [4.78, 5) is 14.2. The molecule has 1 aromatic carbocycles. The van der Waals surface area contributed by atoms with E-state index in [0.717, 1.165) is 12.3 Å². The molecule has 4 heteroatoms. The van der Waals surface area contributed by atoms with E-state index < -0.39 is 0 Å². The zero-order valence-corrected chi connectivity index (χ0v) is 13.0. The van der Waals surface area contributed by atoms with Crippen LogP contribution in [0, 0.1) is 0 Å². The summed E-state index contributed by atoms with van der Waals surface area (Å²) >= 11 is 0. The summed E-state index contributed by atoms with van der Waals surface area (Å²) in [7, 11) is 0. The molecule has 1 aliphatic heterocycles. The van der Waals surface area contributed by atoms with Gasteiger partial charge in [-0.25, -0.2) is 0 Å². The standard InChI is InChI=1S/C16H23NO2.ClH/c1-2-15(18)14-8-4-5-9-16(14)19-13-12-17-10-6-3-7-11-17;/h4-5,8-9H,2-3,6-7,10-13H2,1H3;1H. The van der Waals surface area contributed by atoms with E-state index in [9.17, 15) is 4.79 Å². The fourth-order valence-corrected chi connectivity index (χ4v) is 2.48. The third kappa shape index (κ3) is 4.80. The van der Waals surface area contributed by atoms with Crippen LogP contribution in [0.2, 0.25) is 0 Å². The van der Waals surface area contributed by atoms with Crippen molar-refractivity contribution in [1.82, 2.24) is 4.90 Å². The summed E-state index contributed by atoms with van der Waals surface area (Å²) in [5, 5.41) is 0. The summed E-state index contributed by atoms with van der Waals surface area (Å²) in [6, 6.07) is 7.55. The van der Waals surface area contributed by atoms with Gasteiger partial charge in [-0.05, 0) is 38.1 Å². The van der Waals surface area contributed by atoms with Crippen LogP contribution in [0.3, 0.4) is 0 Å². The number of ketones is 1. The molecule has 0 bridgehead atoms. The molecule has 1 aliphatic rings. The molecule has 1 saturated heterocycles. The van der Waals surface area contributed by atoms with Gasteiger partial charge >= 0.3 is 0 Å². The van der Waals surface area contributed by atoms with Crippen LogP contribution in [0.5, 0.6) is 5.75 Å². The number of benzene rings is 1. The van der Waals surface area contributed by atoms with Gasteiger partial charge in [-0.3, -0.25) is 9.69 Å². The van der Waals surface area contributed by atoms with Crippen molar-refractivity contribution in [2.75, 3.05) is 26.2 Å². The SMILES string of the molecule is CCC(=O)c1ccccc1OCCN1CCCCC1.Cl. The van der Waals surface area contributed by atoms with Gasteiger partial charge < -0.3 is 4.74 Å². The van der Waals surface area contributed by atoms with E-state index in [1.807, 2.05) is 31.2 Å². The Kier molecular flexibility index (Phi) is 7.63. The van der Waals surface area contributed by atoms with Crippen LogP contribution in [-0.2, 0) is 0 Å². The number of rotatable bonds is 6. The first kappa shape index (κ1) is 17.0. The highest BCUT2D eigenvalue weighted by Gasteiger charge is 2.12. The van der Waals surface area contributed by atoms with E-state index in [2.05, 4.69) is 4.90 Å². The molecular weight excluding hydrogens is 274 g/mol. The van der Waals surface area contributed by atoms with E-state index in [1.165, 1.54) is 32.4 Å². The van der Waals surface area contributed by atoms with Gasteiger partial charge in [0.15, 0.2) is 5.78 Å². The van der Waals surface area contributed by atoms with Crippen LogP contribution in [0.1, 0.15) is 43.0 Å². The Balaban J connectivity index is 0.00000200. The van der Waals surface area contributed by atoms with Crippen molar-refractivity contribution < 1.29 is 9.53 Å². The third-order valence-corrected chi connectivity index (χ3v) is 3.62. The molecule has 0 N–H and O–H groups in total. The van der Waals surface area contributed by atoms with E-state index in [0.29, 0.717) is 18.6 Å².